The van der Waals surface area contributed by atoms with E-state index in [2.05, 4.69) is 10.2 Å². The van der Waals surface area contributed by atoms with Crippen LogP contribution in [0.25, 0.3) is 0 Å². The summed E-state index contributed by atoms with van der Waals surface area (Å²) in [5, 5.41) is 12.7. The largest absolute Gasteiger partial charge is 0.393 e. The average Bonchev–Trinajstić information content (AvgIpc) is 2.76. The summed E-state index contributed by atoms with van der Waals surface area (Å²) in [7, 11) is 1.69. The molecule has 2 fully saturated rings. The van der Waals surface area contributed by atoms with Crippen molar-refractivity contribution in [1.29, 1.82) is 0 Å². The van der Waals surface area contributed by atoms with Gasteiger partial charge >= 0.3 is 0 Å². The van der Waals surface area contributed by atoms with Crippen LogP contribution in [-0.4, -0.2) is 48.2 Å². The molecule has 0 aromatic heterocycles. The third-order valence-electron chi connectivity index (χ3n) is 4.32. The molecule has 0 aromatic carbocycles. The van der Waals surface area contributed by atoms with Gasteiger partial charge in [-0.3, -0.25) is 9.69 Å². The van der Waals surface area contributed by atoms with Crippen LogP contribution in [0.3, 0.4) is 0 Å². The van der Waals surface area contributed by atoms with E-state index in [4.69, 9.17) is 0 Å². The molecular weight excluding hydrogens is 216 g/mol. The summed E-state index contributed by atoms with van der Waals surface area (Å²) in [4.78, 5) is 13.8. The number of aliphatic hydroxyl groups is 1. The fraction of sp³-hybridized carbons (Fsp3) is 0.923. The number of hydrogen-bond donors (Lipinski definition) is 2. The molecule has 2 rings (SSSR count). The lowest BCUT2D eigenvalue weighted by atomic mass is 9.88. The van der Waals surface area contributed by atoms with Gasteiger partial charge in [0.2, 0.25) is 5.91 Å². The first-order chi connectivity index (χ1) is 8.22. The fourth-order valence-corrected chi connectivity index (χ4v) is 3.38. The van der Waals surface area contributed by atoms with E-state index >= 15 is 0 Å². The van der Waals surface area contributed by atoms with E-state index in [0.717, 1.165) is 32.2 Å². The van der Waals surface area contributed by atoms with Crippen molar-refractivity contribution in [1.82, 2.24) is 10.2 Å². The van der Waals surface area contributed by atoms with Gasteiger partial charge < -0.3 is 10.4 Å². The number of piperidine rings is 1. The van der Waals surface area contributed by atoms with Crippen molar-refractivity contribution in [3.63, 3.8) is 0 Å². The van der Waals surface area contributed by atoms with Crippen molar-refractivity contribution in [3.8, 4) is 0 Å². The molecule has 2 aliphatic rings. The molecule has 1 amide bonds. The lowest BCUT2D eigenvalue weighted by Crippen LogP contribution is -2.49. The number of carbonyl (C=O) groups excluding carboxylic acids is 1. The second-order valence-electron chi connectivity index (χ2n) is 5.37. The normalized spacial score (nSPS) is 34.8. The molecule has 1 saturated carbocycles. The van der Waals surface area contributed by atoms with Crippen LogP contribution in [0.1, 0.15) is 38.5 Å². The first-order valence-electron chi connectivity index (χ1n) is 6.85. The fourth-order valence-electron chi connectivity index (χ4n) is 3.38. The summed E-state index contributed by atoms with van der Waals surface area (Å²) in [6.45, 7) is 1.49. The second kappa shape index (κ2) is 5.83. The van der Waals surface area contributed by atoms with Crippen LogP contribution in [0.2, 0.25) is 0 Å². The highest BCUT2D eigenvalue weighted by atomic mass is 16.3. The van der Waals surface area contributed by atoms with Gasteiger partial charge in [0, 0.05) is 19.0 Å². The zero-order valence-electron chi connectivity index (χ0n) is 10.7. The molecule has 1 heterocycles. The monoisotopic (exact) mass is 240 g/mol. The third kappa shape index (κ3) is 2.99. The number of likely N-dealkylation sites (N-methyl/N-ethyl adjacent to an activating group) is 1. The Morgan fingerprint density at radius 2 is 2.12 bits per heavy atom. The van der Waals surface area contributed by atoms with Gasteiger partial charge in [0.25, 0.3) is 0 Å². The number of nitrogens with zero attached hydrogens (tertiary/aromatic N) is 1. The van der Waals surface area contributed by atoms with Crippen LogP contribution in [0.4, 0.5) is 0 Å². The molecule has 0 aromatic rings. The highest BCUT2D eigenvalue weighted by Crippen LogP contribution is 2.34. The summed E-state index contributed by atoms with van der Waals surface area (Å²) in [6, 6.07) is 0.415. The molecule has 4 nitrogen and oxygen atoms in total. The first kappa shape index (κ1) is 12.8. The van der Waals surface area contributed by atoms with Gasteiger partial charge in [0.15, 0.2) is 0 Å². The summed E-state index contributed by atoms with van der Waals surface area (Å²) >= 11 is 0. The molecule has 17 heavy (non-hydrogen) atoms. The molecule has 1 aliphatic carbocycles. The molecule has 1 saturated heterocycles. The third-order valence-corrected chi connectivity index (χ3v) is 4.32. The minimum absolute atomic E-state index is 0.0874. The smallest absolute Gasteiger partial charge is 0.233 e. The van der Waals surface area contributed by atoms with Crippen molar-refractivity contribution in [2.45, 2.75) is 50.7 Å². The van der Waals surface area contributed by atoms with Crippen LogP contribution in [0, 0.1) is 5.92 Å². The Balaban J connectivity index is 1.98. The molecule has 98 valence electrons. The molecule has 1 aliphatic heterocycles. The highest BCUT2D eigenvalue weighted by molar-refractivity contribution is 5.77. The molecule has 2 N–H and O–H groups in total. The van der Waals surface area contributed by atoms with Crippen LogP contribution in [0.5, 0.6) is 0 Å². The van der Waals surface area contributed by atoms with Crippen molar-refractivity contribution >= 4 is 5.91 Å². The van der Waals surface area contributed by atoms with E-state index < -0.39 is 0 Å². The van der Waals surface area contributed by atoms with Gasteiger partial charge in [-0.1, -0.05) is 12.8 Å². The number of aliphatic hydroxyl groups excluding tert-OH is 1. The predicted molar refractivity (Wildman–Crippen MR) is 66.6 cm³/mol. The van der Waals surface area contributed by atoms with Crippen molar-refractivity contribution in [2.75, 3.05) is 20.1 Å². The minimum Gasteiger partial charge on any atom is -0.393 e. The van der Waals surface area contributed by atoms with Gasteiger partial charge in [-0.25, -0.2) is 0 Å². The minimum atomic E-state index is -0.148. The number of carbonyl (C=O) groups is 1. The molecule has 4 heteroatoms. The van der Waals surface area contributed by atoms with E-state index in [1.165, 1.54) is 12.8 Å². The van der Waals surface area contributed by atoms with E-state index in [0.29, 0.717) is 18.5 Å². The van der Waals surface area contributed by atoms with Gasteiger partial charge in [-0.15, -0.1) is 0 Å². The Morgan fingerprint density at radius 1 is 1.29 bits per heavy atom. The van der Waals surface area contributed by atoms with Crippen LogP contribution >= 0.6 is 0 Å². The summed E-state index contributed by atoms with van der Waals surface area (Å²) in [6.07, 6.45) is 6.60. The van der Waals surface area contributed by atoms with E-state index in [1.54, 1.807) is 7.05 Å². The van der Waals surface area contributed by atoms with Crippen LogP contribution in [0.15, 0.2) is 0 Å². The average molecular weight is 240 g/mol. The maximum atomic E-state index is 11.5. The van der Waals surface area contributed by atoms with E-state index in [-0.39, 0.29) is 12.0 Å². The van der Waals surface area contributed by atoms with Gasteiger partial charge in [-0.05, 0) is 32.2 Å². The zero-order chi connectivity index (χ0) is 12.3. The van der Waals surface area contributed by atoms with Gasteiger partial charge in [0.05, 0.1) is 12.6 Å². The lowest BCUT2D eigenvalue weighted by molar-refractivity contribution is -0.123. The van der Waals surface area contributed by atoms with Gasteiger partial charge in [0.1, 0.15) is 0 Å². The Bertz CT molecular complexity index is 270. The maximum absolute atomic E-state index is 11.5. The SMILES string of the molecule is CNC(=O)CN1CCCCC1C1CCCC1O. The standard InChI is InChI=1S/C13H24N2O2/c1-14-13(17)9-15-8-3-2-6-11(15)10-5-4-7-12(10)16/h10-12,16H,2-9H2,1H3,(H,14,17). The molecule has 0 bridgehead atoms. The molecule has 3 unspecified atom stereocenters. The Kier molecular flexibility index (Phi) is 4.40. The topological polar surface area (TPSA) is 52.6 Å². The summed E-state index contributed by atoms with van der Waals surface area (Å²) in [5.41, 5.74) is 0. The lowest BCUT2D eigenvalue weighted by Gasteiger charge is -2.39. The number of amides is 1. The number of nitrogens with one attached hydrogen (secondary N) is 1. The van der Waals surface area contributed by atoms with Crippen molar-refractivity contribution in [2.24, 2.45) is 5.92 Å². The molecular formula is C13H24N2O2. The Hall–Kier alpha value is -0.610. The Morgan fingerprint density at radius 3 is 2.76 bits per heavy atom. The number of rotatable bonds is 3. The van der Waals surface area contributed by atoms with Crippen LogP contribution in [-0.2, 0) is 4.79 Å². The van der Waals surface area contributed by atoms with Crippen LogP contribution < -0.4 is 5.32 Å². The zero-order valence-corrected chi connectivity index (χ0v) is 10.7. The quantitative estimate of drug-likeness (QED) is 0.765. The molecule has 3 atom stereocenters. The van der Waals surface area contributed by atoms with E-state index in [1.807, 2.05) is 0 Å². The predicted octanol–water partition coefficient (Wildman–Crippen LogP) is 0.748. The maximum Gasteiger partial charge on any atom is 0.233 e. The van der Waals surface area contributed by atoms with E-state index in [9.17, 15) is 9.90 Å². The summed E-state index contributed by atoms with van der Waals surface area (Å²) in [5.74, 6) is 0.476. The number of hydrogen-bond acceptors (Lipinski definition) is 3. The molecule has 0 radical (unpaired) electrons. The highest BCUT2D eigenvalue weighted by Gasteiger charge is 2.37. The summed E-state index contributed by atoms with van der Waals surface area (Å²) < 4.78 is 0. The molecule has 0 spiro atoms. The Labute approximate surface area is 103 Å². The first-order valence-corrected chi connectivity index (χ1v) is 6.85. The van der Waals surface area contributed by atoms with Crippen molar-refractivity contribution in [3.05, 3.63) is 0 Å². The van der Waals surface area contributed by atoms with Gasteiger partial charge in [-0.2, -0.15) is 0 Å². The number of likely N-dealkylation sites (tertiary alicyclic amines) is 1. The second-order valence-corrected chi connectivity index (χ2v) is 5.37. The van der Waals surface area contributed by atoms with Crippen molar-refractivity contribution < 1.29 is 9.90 Å².